The Morgan fingerprint density at radius 2 is 1.88 bits per heavy atom. The van der Waals surface area contributed by atoms with Gasteiger partial charge in [-0.25, -0.2) is 17.1 Å². The number of anilines is 1. The summed E-state index contributed by atoms with van der Waals surface area (Å²) in [6.07, 6.45) is 0. The Balaban J connectivity index is 2.33. The molecule has 0 aromatic heterocycles. The Kier molecular flexibility index (Phi) is 5.20. The van der Waals surface area contributed by atoms with Crippen molar-refractivity contribution in [3.05, 3.63) is 53.8 Å². The summed E-state index contributed by atoms with van der Waals surface area (Å²) in [6.45, 7) is 0. The fraction of sp³-hybridized carbons (Fsp3) is 0.188. The second kappa shape index (κ2) is 6.98. The van der Waals surface area contributed by atoms with Gasteiger partial charge in [-0.1, -0.05) is 6.07 Å². The lowest BCUT2D eigenvalue weighted by atomic mass is 10.1. The van der Waals surface area contributed by atoms with Crippen LogP contribution in [-0.2, 0) is 10.0 Å². The molecule has 1 N–H and O–H groups in total. The van der Waals surface area contributed by atoms with Gasteiger partial charge in [-0.15, -0.1) is 0 Å². The molecule has 6 nitrogen and oxygen atoms in total. The molecule has 128 valence electrons. The molecule has 0 bridgehead atoms. The van der Waals surface area contributed by atoms with E-state index < -0.39 is 21.7 Å². The van der Waals surface area contributed by atoms with Crippen molar-refractivity contribution in [2.24, 2.45) is 0 Å². The molecule has 0 aliphatic rings. The van der Waals surface area contributed by atoms with Crippen LogP contribution in [0.1, 0.15) is 10.4 Å². The lowest BCUT2D eigenvalue weighted by Crippen LogP contribution is -2.22. The van der Waals surface area contributed by atoms with Crippen LogP contribution in [0.2, 0.25) is 0 Å². The lowest BCUT2D eigenvalue weighted by Gasteiger charge is -2.13. The Labute approximate surface area is 139 Å². The molecule has 0 heterocycles. The third-order valence-electron chi connectivity index (χ3n) is 3.28. The molecular weight excluding hydrogens is 335 g/mol. The number of rotatable bonds is 5. The van der Waals surface area contributed by atoms with Gasteiger partial charge < -0.3 is 10.1 Å². The topological polar surface area (TPSA) is 75.7 Å². The number of nitrogens with zero attached hydrogens (tertiary/aromatic N) is 1. The fourth-order valence-corrected chi connectivity index (χ4v) is 2.95. The summed E-state index contributed by atoms with van der Waals surface area (Å²) < 4.78 is 43.7. The van der Waals surface area contributed by atoms with Crippen molar-refractivity contribution < 1.29 is 22.3 Å². The molecule has 0 saturated carbocycles. The SMILES string of the molecule is COc1ccc(F)cc1C(=O)Nc1cccc(S(=O)(=O)N(C)C)c1. The van der Waals surface area contributed by atoms with Crippen LogP contribution in [-0.4, -0.2) is 39.8 Å². The predicted octanol–water partition coefficient (Wildman–Crippen LogP) is 2.34. The number of hydrogen-bond donors (Lipinski definition) is 1. The number of carbonyl (C=O) groups excluding carboxylic acids is 1. The molecule has 2 aromatic carbocycles. The highest BCUT2D eigenvalue weighted by Gasteiger charge is 2.18. The number of amides is 1. The summed E-state index contributed by atoms with van der Waals surface area (Å²) in [6, 6.07) is 9.38. The van der Waals surface area contributed by atoms with Crippen LogP contribution in [0, 0.1) is 5.82 Å². The average Bonchev–Trinajstić information content (AvgIpc) is 2.54. The Bertz CT molecular complexity index is 866. The molecule has 1 amide bonds. The van der Waals surface area contributed by atoms with Crippen LogP contribution >= 0.6 is 0 Å². The third kappa shape index (κ3) is 3.72. The predicted molar refractivity (Wildman–Crippen MR) is 88.2 cm³/mol. The minimum Gasteiger partial charge on any atom is -0.496 e. The van der Waals surface area contributed by atoms with Gasteiger partial charge in [0.15, 0.2) is 0 Å². The van der Waals surface area contributed by atoms with Gasteiger partial charge in [0.2, 0.25) is 10.0 Å². The van der Waals surface area contributed by atoms with E-state index in [1.54, 1.807) is 6.07 Å². The number of halogens is 1. The van der Waals surface area contributed by atoms with Crippen LogP contribution in [0.15, 0.2) is 47.4 Å². The monoisotopic (exact) mass is 352 g/mol. The lowest BCUT2D eigenvalue weighted by molar-refractivity contribution is 0.102. The van der Waals surface area contributed by atoms with Crippen molar-refractivity contribution in [2.45, 2.75) is 4.90 Å². The molecule has 0 aliphatic carbocycles. The third-order valence-corrected chi connectivity index (χ3v) is 5.09. The molecule has 0 saturated heterocycles. The summed E-state index contributed by atoms with van der Waals surface area (Å²) in [4.78, 5) is 12.4. The molecule has 0 unspecified atom stereocenters. The maximum Gasteiger partial charge on any atom is 0.259 e. The van der Waals surface area contributed by atoms with E-state index in [9.17, 15) is 17.6 Å². The Morgan fingerprint density at radius 1 is 1.17 bits per heavy atom. The second-order valence-corrected chi connectivity index (χ2v) is 7.27. The quantitative estimate of drug-likeness (QED) is 0.896. The van der Waals surface area contributed by atoms with Crippen LogP contribution in [0.5, 0.6) is 5.75 Å². The van der Waals surface area contributed by atoms with E-state index in [0.717, 1.165) is 10.4 Å². The van der Waals surface area contributed by atoms with Crippen LogP contribution in [0.3, 0.4) is 0 Å². The van der Waals surface area contributed by atoms with E-state index in [4.69, 9.17) is 4.74 Å². The van der Waals surface area contributed by atoms with Crippen LogP contribution in [0.4, 0.5) is 10.1 Å². The maximum atomic E-state index is 13.4. The molecule has 2 rings (SSSR count). The van der Waals surface area contributed by atoms with Crippen molar-refractivity contribution >= 4 is 21.6 Å². The number of nitrogens with one attached hydrogen (secondary N) is 1. The summed E-state index contributed by atoms with van der Waals surface area (Å²) >= 11 is 0. The van der Waals surface area contributed by atoms with E-state index in [1.807, 2.05) is 0 Å². The summed E-state index contributed by atoms with van der Waals surface area (Å²) in [7, 11) is 0.577. The minimum absolute atomic E-state index is 0.0124. The zero-order valence-corrected chi connectivity index (χ0v) is 14.2. The highest BCUT2D eigenvalue weighted by atomic mass is 32.2. The van der Waals surface area contributed by atoms with E-state index >= 15 is 0 Å². The highest BCUT2D eigenvalue weighted by Crippen LogP contribution is 2.22. The van der Waals surface area contributed by atoms with Crippen molar-refractivity contribution in [2.75, 3.05) is 26.5 Å². The van der Waals surface area contributed by atoms with Gasteiger partial charge in [0.25, 0.3) is 5.91 Å². The average molecular weight is 352 g/mol. The molecule has 24 heavy (non-hydrogen) atoms. The number of carbonyl (C=O) groups is 1. The Hall–Kier alpha value is -2.45. The zero-order valence-electron chi connectivity index (χ0n) is 13.4. The molecule has 0 radical (unpaired) electrons. The first kappa shape index (κ1) is 17.9. The maximum absolute atomic E-state index is 13.4. The fourth-order valence-electron chi connectivity index (χ4n) is 2.00. The van der Waals surface area contributed by atoms with E-state index in [-0.39, 0.29) is 21.9 Å². The zero-order chi connectivity index (χ0) is 17.9. The summed E-state index contributed by atoms with van der Waals surface area (Å²) in [5.41, 5.74) is 0.285. The molecule has 0 atom stereocenters. The van der Waals surface area contributed by atoms with Gasteiger partial charge in [-0.2, -0.15) is 0 Å². The highest BCUT2D eigenvalue weighted by molar-refractivity contribution is 7.89. The Morgan fingerprint density at radius 3 is 2.50 bits per heavy atom. The first-order valence-electron chi connectivity index (χ1n) is 6.93. The van der Waals surface area contributed by atoms with Gasteiger partial charge in [0.05, 0.1) is 17.6 Å². The first-order valence-corrected chi connectivity index (χ1v) is 8.37. The number of benzene rings is 2. The minimum atomic E-state index is -3.62. The molecule has 0 fully saturated rings. The number of hydrogen-bond acceptors (Lipinski definition) is 4. The van der Waals surface area contributed by atoms with Crippen LogP contribution in [0.25, 0.3) is 0 Å². The number of methoxy groups -OCH3 is 1. The van der Waals surface area contributed by atoms with Gasteiger partial charge in [-0.3, -0.25) is 4.79 Å². The van der Waals surface area contributed by atoms with Gasteiger partial charge in [0, 0.05) is 19.8 Å². The van der Waals surface area contributed by atoms with E-state index in [1.165, 1.54) is 51.5 Å². The summed E-state index contributed by atoms with van der Waals surface area (Å²) in [5, 5.41) is 2.54. The van der Waals surface area contributed by atoms with E-state index in [0.29, 0.717) is 0 Å². The molecule has 0 spiro atoms. The van der Waals surface area contributed by atoms with Crippen molar-refractivity contribution in [3.8, 4) is 5.75 Å². The molecule has 2 aromatic rings. The normalized spacial score (nSPS) is 11.4. The van der Waals surface area contributed by atoms with Crippen LogP contribution < -0.4 is 10.1 Å². The van der Waals surface area contributed by atoms with Gasteiger partial charge in [0.1, 0.15) is 11.6 Å². The molecular formula is C16H17FN2O4S. The molecule has 0 aliphatic heterocycles. The smallest absolute Gasteiger partial charge is 0.259 e. The van der Waals surface area contributed by atoms with Gasteiger partial charge >= 0.3 is 0 Å². The van der Waals surface area contributed by atoms with Gasteiger partial charge in [-0.05, 0) is 36.4 Å². The second-order valence-electron chi connectivity index (χ2n) is 5.11. The first-order chi connectivity index (χ1) is 11.3. The summed E-state index contributed by atoms with van der Waals surface area (Å²) in [5.74, 6) is -0.971. The number of ether oxygens (including phenoxy) is 1. The van der Waals surface area contributed by atoms with Crippen molar-refractivity contribution in [1.29, 1.82) is 0 Å². The largest absolute Gasteiger partial charge is 0.496 e. The van der Waals surface area contributed by atoms with Crippen molar-refractivity contribution in [1.82, 2.24) is 4.31 Å². The van der Waals surface area contributed by atoms with E-state index in [2.05, 4.69) is 5.32 Å². The van der Waals surface area contributed by atoms with Crippen molar-refractivity contribution in [3.63, 3.8) is 0 Å². The standard InChI is InChI=1S/C16H17FN2O4S/c1-19(2)24(21,22)13-6-4-5-12(10-13)18-16(20)14-9-11(17)7-8-15(14)23-3/h4-10H,1-3H3,(H,18,20). The molecule has 8 heteroatoms. The number of sulfonamides is 1.